The van der Waals surface area contributed by atoms with Gasteiger partial charge in [0.2, 0.25) is 5.91 Å². The maximum absolute atomic E-state index is 12.3. The van der Waals surface area contributed by atoms with E-state index in [0.717, 1.165) is 5.56 Å². The first-order valence-corrected chi connectivity index (χ1v) is 11.1. The molecule has 0 aliphatic rings. The van der Waals surface area contributed by atoms with E-state index in [2.05, 4.69) is 27.1 Å². The molecule has 0 bridgehead atoms. The number of hydrogen-bond acceptors (Lipinski definition) is 6. The summed E-state index contributed by atoms with van der Waals surface area (Å²) in [7, 11) is 0. The van der Waals surface area contributed by atoms with Gasteiger partial charge in [-0.25, -0.2) is 4.98 Å². The fourth-order valence-corrected chi connectivity index (χ4v) is 3.74. The molecule has 7 nitrogen and oxygen atoms in total. The van der Waals surface area contributed by atoms with E-state index in [1.165, 1.54) is 18.0 Å². The second-order valence-corrected chi connectivity index (χ2v) is 8.42. The minimum absolute atomic E-state index is 0.137. The molecule has 0 saturated carbocycles. The van der Waals surface area contributed by atoms with Crippen molar-refractivity contribution in [1.29, 1.82) is 0 Å². The first-order valence-electron chi connectivity index (χ1n) is 9.38. The highest BCUT2D eigenvalue weighted by Crippen LogP contribution is 2.30. The molecule has 2 heterocycles. The van der Waals surface area contributed by atoms with Gasteiger partial charge in [-0.2, -0.15) is 0 Å². The summed E-state index contributed by atoms with van der Waals surface area (Å²) in [6, 6.07) is 8.88. The van der Waals surface area contributed by atoms with E-state index in [1.807, 2.05) is 30.5 Å². The van der Waals surface area contributed by atoms with Crippen LogP contribution in [0.25, 0.3) is 0 Å². The zero-order chi connectivity index (χ0) is 22.4. The zero-order valence-electron chi connectivity index (χ0n) is 17.0. The number of aromatic nitrogens is 4. The lowest BCUT2D eigenvalue weighted by Crippen LogP contribution is -2.16. The predicted octanol–water partition coefficient (Wildman–Crippen LogP) is 5.35. The summed E-state index contributed by atoms with van der Waals surface area (Å²) in [5.74, 6) is 1.54. The third-order valence-electron chi connectivity index (χ3n) is 4.14. The van der Waals surface area contributed by atoms with Crippen LogP contribution in [0.3, 0.4) is 0 Å². The number of thioether (sulfide) groups is 1. The van der Waals surface area contributed by atoms with Gasteiger partial charge in [-0.15, -0.1) is 16.8 Å². The molecule has 1 aromatic carbocycles. The molecule has 1 N–H and O–H groups in total. The van der Waals surface area contributed by atoms with Crippen LogP contribution in [-0.4, -0.2) is 31.4 Å². The summed E-state index contributed by atoms with van der Waals surface area (Å²) in [4.78, 5) is 16.3. The summed E-state index contributed by atoms with van der Waals surface area (Å²) in [5, 5.41) is 12.8. The molecule has 1 atom stereocenters. The Hall–Kier alpha value is -2.55. The number of ether oxygens (including phenoxy) is 1. The number of rotatable bonds is 9. The highest BCUT2D eigenvalue weighted by Gasteiger charge is 2.20. The molecule has 3 aromatic rings. The molecule has 0 radical (unpaired) electrons. The van der Waals surface area contributed by atoms with Crippen LogP contribution in [0.4, 0.5) is 5.82 Å². The third-order valence-corrected chi connectivity index (χ3v) is 5.64. The average Bonchev–Trinajstić information content (AvgIpc) is 3.14. The molecule has 0 aliphatic heterocycles. The Bertz CT molecular complexity index is 1070. The highest BCUT2D eigenvalue weighted by molar-refractivity contribution is 7.99. The van der Waals surface area contributed by atoms with Crippen LogP contribution in [0.15, 0.2) is 54.3 Å². The molecule has 2 aromatic heterocycles. The molecule has 3 rings (SSSR count). The maximum atomic E-state index is 12.3. The number of anilines is 1. The Balaban J connectivity index is 1.69. The van der Waals surface area contributed by atoms with Crippen LogP contribution in [0.2, 0.25) is 10.0 Å². The Kier molecular flexibility index (Phi) is 7.95. The minimum atomic E-state index is -0.409. The van der Waals surface area contributed by atoms with E-state index < -0.39 is 6.10 Å². The van der Waals surface area contributed by atoms with E-state index in [4.69, 9.17) is 27.9 Å². The van der Waals surface area contributed by atoms with Gasteiger partial charge in [0.05, 0.1) is 15.8 Å². The number of hydrogen-bond donors (Lipinski definition) is 1. The van der Waals surface area contributed by atoms with Crippen molar-refractivity contribution in [3.8, 4) is 5.75 Å². The van der Waals surface area contributed by atoms with E-state index in [9.17, 15) is 4.79 Å². The number of halogens is 2. The van der Waals surface area contributed by atoms with Crippen molar-refractivity contribution in [2.75, 3.05) is 11.1 Å². The summed E-state index contributed by atoms with van der Waals surface area (Å²) in [6.07, 6.45) is 2.80. The number of nitrogens with one attached hydrogen (secondary N) is 1. The standard InChI is InChI=1S/C21H21Cl2N5O2S/c1-4-9-28-20(14(3)30-17-10-13(2)5-7-16(17)23)26-27-21(28)31-12-19(29)25-18-8-6-15(22)11-24-18/h4-8,10-11,14H,1,9,12H2,2-3H3,(H,24,25,29). The average molecular weight is 478 g/mol. The molecule has 162 valence electrons. The van der Waals surface area contributed by atoms with Gasteiger partial charge in [0.1, 0.15) is 11.6 Å². The van der Waals surface area contributed by atoms with Gasteiger partial charge in [-0.3, -0.25) is 9.36 Å². The SMILES string of the molecule is C=CCn1c(SCC(=O)Nc2ccc(Cl)cn2)nnc1C(C)Oc1cc(C)ccc1Cl. The number of benzene rings is 1. The smallest absolute Gasteiger partial charge is 0.236 e. The second-order valence-electron chi connectivity index (χ2n) is 6.63. The van der Waals surface area contributed by atoms with Crippen LogP contribution < -0.4 is 10.1 Å². The van der Waals surface area contributed by atoms with Crippen LogP contribution in [0.1, 0.15) is 24.4 Å². The summed E-state index contributed by atoms with van der Waals surface area (Å²) < 4.78 is 7.89. The molecule has 1 amide bonds. The Morgan fingerprint density at radius 3 is 2.84 bits per heavy atom. The lowest BCUT2D eigenvalue weighted by atomic mass is 10.2. The molecule has 0 aliphatic carbocycles. The van der Waals surface area contributed by atoms with Crippen molar-refractivity contribution in [2.24, 2.45) is 0 Å². The number of carbonyl (C=O) groups is 1. The van der Waals surface area contributed by atoms with Crippen molar-refractivity contribution in [1.82, 2.24) is 19.7 Å². The van der Waals surface area contributed by atoms with Crippen LogP contribution in [0.5, 0.6) is 5.75 Å². The molecule has 0 spiro atoms. The van der Waals surface area contributed by atoms with Gasteiger partial charge in [0.15, 0.2) is 17.1 Å². The van der Waals surface area contributed by atoms with Gasteiger partial charge >= 0.3 is 0 Å². The molecule has 1 unspecified atom stereocenters. The van der Waals surface area contributed by atoms with Gasteiger partial charge in [-0.05, 0) is 43.7 Å². The van der Waals surface area contributed by atoms with Crippen molar-refractivity contribution < 1.29 is 9.53 Å². The second kappa shape index (κ2) is 10.7. The Morgan fingerprint density at radius 2 is 2.13 bits per heavy atom. The minimum Gasteiger partial charge on any atom is -0.481 e. The van der Waals surface area contributed by atoms with Crippen LogP contribution in [0, 0.1) is 6.92 Å². The molecule has 0 saturated heterocycles. The predicted molar refractivity (Wildman–Crippen MR) is 124 cm³/mol. The lowest BCUT2D eigenvalue weighted by Gasteiger charge is -2.17. The monoisotopic (exact) mass is 477 g/mol. The lowest BCUT2D eigenvalue weighted by molar-refractivity contribution is -0.113. The van der Waals surface area contributed by atoms with Crippen molar-refractivity contribution in [2.45, 2.75) is 31.7 Å². The molecule has 10 heteroatoms. The van der Waals surface area contributed by atoms with Gasteiger partial charge in [0, 0.05) is 12.7 Å². The first kappa shape index (κ1) is 23.1. The largest absolute Gasteiger partial charge is 0.481 e. The topological polar surface area (TPSA) is 81.9 Å². The quantitative estimate of drug-likeness (QED) is 0.330. The number of aryl methyl sites for hydroxylation is 1. The van der Waals surface area contributed by atoms with Crippen LogP contribution in [-0.2, 0) is 11.3 Å². The van der Waals surface area contributed by atoms with Gasteiger partial charge in [0.25, 0.3) is 0 Å². The van der Waals surface area contributed by atoms with E-state index in [0.29, 0.717) is 39.1 Å². The summed E-state index contributed by atoms with van der Waals surface area (Å²) in [6.45, 7) is 8.11. The fraction of sp³-hybridized carbons (Fsp3) is 0.238. The Morgan fingerprint density at radius 1 is 1.32 bits per heavy atom. The molecule has 0 fully saturated rings. The number of carbonyl (C=O) groups excluding carboxylic acids is 1. The van der Waals surface area contributed by atoms with E-state index in [-0.39, 0.29) is 11.7 Å². The fourth-order valence-electron chi connectivity index (χ4n) is 2.71. The molecular formula is C21H21Cl2N5O2S. The zero-order valence-corrected chi connectivity index (χ0v) is 19.3. The van der Waals surface area contributed by atoms with E-state index >= 15 is 0 Å². The third kappa shape index (κ3) is 6.22. The molecule has 31 heavy (non-hydrogen) atoms. The first-order chi connectivity index (χ1) is 14.9. The summed E-state index contributed by atoms with van der Waals surface area (Å²) in [5.41, 5.74) is 1.04. The Labute approximate surface area is 194 Å². The normalized spacial score (nSPS) is 11.7. The van der Waals surface area contributed by atoms with Crippen molar-refractivity contribution in [3.63, 3.8) is 0 Å². The van der Waals surface area contributed by atoms with Crippen molar-refractivity contribution in [3.05, 3.63) is 70.6 Å². The number of nitrogens with zero attached hydrogens (tertiary/aromatic N) is 4. The number of pyridine rings is 1. The number of amides is 1. The van der Waals surface area contributed by atoms with E-state index in [1.54, 1.807) is 24.3 Å². The summed E-state index contributed by atoms with van der Waals surface area (Å²) >= 11 is 13.3. The van der Waals surface area contributed by atoms with Crippen molar-refractivity contribution >= 4 is 46.7 Å². The van der Waals surface area contributed by atoms with Gasteiger partial charge in [-0.1, -0.05) is 47.1 Å². The molecular weight excluding hydrogens is 457 g/mol. The number of allylic oxidation sites excluding steroid dienone is 1. The maximum Gasteiger partial charge on any atom is 0.236 e. The van der Waals surface area contributed by atoms with Gasteiger partial charge < -0.3 is 10.1 Å². The highest BCUT2D eigenvalue weighted by atomic mass is 35.5. The van der Waals surface area contributed by atoms with Crippen LogP contribution >= 0.6 is 35.0 Å².